The zero-order valence-electron chi connectivity index (χ0n) is 12.5. The molecule has 116 valence electrons. The van der Waals surface area contributed by atoms with Gasteiger partial charge in [0.05, 0.1) is 17.6 Å². The smallest absolute Gasteiger partial charge is 0.410 e. The third kappa shape index (κ3) is 2.77. The molecule has 6 heteroatoms. The molecule has 6 nitrogen and oxygen atoms in total. The first kappa shape index (κ1) is 15.5. The lowest BCUT2D eigenvalue weighted by Gasteiger charge is -2.57. The normalized spacial score (nSPS) is 24.9. The quantitative estimate of drug-likeness (QED) is 0.784. The van der Waals surface area contributed by atoms with Crippen molar-refractivity contribution in [1.29, 1.82) is 0 Å². The topological polar surface area (TPSA) is 79.2 Å². The van der Waals surface area contributed by atoms with Gasteiger partial charge in [0.25, 0.3) is 0 Å². The summed E-state index contributed by atoms with van der Waals surface area (Å²) < 4.78 is 10.6. The number of aliphatic hydroxyl groups is 2. The van der Waals surface area contributed by atoms with Gasteiger partial charge in [-0.15, -0.1) is 0 Å². The molecule has 2 aliphatic heterocycles. The Kier molecular flexibility index (Phi) is 4.01. The highest BCUT2D eigenvalue weighted by Crippen LogP contribution is 2.46. The molecule has 2 rings (SSSR count). The van der Waals surface area contributed by atoms with Gasteiger partial charge in [0.1, 0.15) is 5.60 Å². The van der Waals surface area contributed by atoms with Crippen LogP contribution in [0, 0.1) is 5.41 Å². The van der Waals surface area contributed by atoms with Gasteiger partial charge >= 0.3 is 6.09 Å². The van der Waals surface area contributed by atoms with E-state index in [-0.39, 0.29) is 6.61 Å². The molecular weight excluding hydrogens is 262 g/mol. The van der Waals surface area contributed by atoms with Crippen LogP contribution in [0.1, 0.15) is 33.6 Å². The molecule has 0 aromatic carbocycles. The largest absolute Gasteiger partial charge is 0.444 e. The Labute approximate surface area is 119 Å². The minimum Gasteiger partial charge on any atom is -0.444 e. The maximum Gasteiger partial charge on any atom is 0.410 e. The summed E-state index contributed by atoms with van der Waals surface area (Å²) in [6.07, 6.45) is 0.600. The maximum absolute atomic E-state index is 11.9. The number of aliphatic hydroxyl groups excluding tert-OH is 1. The molecule has 0 aliphatic carbocycles. The number of ether oxygens (including phenoxy) is 2. The van der Waals surface area contributed by atoms with Crippen molar-refractivity contribution in [2.45, 2.75) is 44.8 Å². The van der Waals surface area contributed by atoms with Crippen LogP contribution in [-0.2, 0) is 9.47 Å². The van der Waals surface area contributed by atoms with E-state index >= 15 is 0 Å². The number of hydrogen-bond donors (Lipinski definition) is 2. The van der Waals surface area contributed by atoms with Crippen molar-refractivity contribution in [3.8, 4) is 0 Å². The molecule has 0 spiro atoms. The van der Waals surface area contributed by atoms with Crippen LogP contribution in [0.2, 0.25) is 0 Å². The van der Waals surface area contributed by atoms with Gasteiger partial charge in [-0.3, -0.25) is 0 Å². The molecular formula is C14H25NO5. The van der Waals surface area contributed by atoms with Crippen LogP contribution in [0.25, 0.3) is 0 Å². The van der Waals surface area contributed by atoms with Crippen molar-refractivity contribution < 1.29 is 24.5 Å². The number of hydrogen-bond acceptors (Lipinski definition) is 5. The molecule has 20 heavy (non-hydrogen) atoms. The third-order valence-corrected chi connectivity index (χ3v) is 4.25. The van der Waals surface area contributed by atoms with E-state index in [1.807, 2.05) is 20.8 Å². The number of rotatable bonds is 2. The number of carbonyl (C=O) groups excluding carboxylic acids is 1. The highest BCUT2D eigenvalue weighted by molar-refractivity contribution is 5.69. The van der Waals surface area contributed by atoms with Gasteiger partial charge in [0, 0.05) is 39.1 Å². The lowest BCUT2D eigenvalue weighted by Crippen LogP contribution is -2.71. The van der Waals surface area contributed by atoms with Crippen molar-refractivity contribution >= 4 is 6.09 Å². The molecule has 0 bridgehead atoms. The van der Waals surface area contributed by atoms with E-state index in [4.69, 9.17) is 9.47 Å². The fourth-order valence-electron chi connectivity index (χ4n) is 2.92. The Morgan fingerprint density at radius 2 is 1.85 bits per heavy atom. The summed E-state index contributed by atoms with van der Waals surface area (Å²) in [7, 11) is 0. The molecule has 2 fully saturated rings. The minimum atomic E-state index is -0.960. The summed E-state index contributed by atoms with van der Waals surface area (Å²) in [5.41, 5.74) is -2.14. The van der Waals surface area contributed by atoms with Crippen LogP contribution in [0.4, 0.5) is 4.79 Å². The first-order chi connectivity index (χ1) is 9.21. The first-order valence-electron chi connectivity index (χ1n) is 7.10. The highest BCUT2D eigenvalue weighted by atomic mass is 16.6. The molecule has 2 aliphatic rings. The Hall–Kier alpha value is -0.850. The van der Waals surface area contributed by atoms with Crippen molar-refractivity contribution in [3.63, 3.8) is 0 Å². The van der Waals surface area contributed by atoms with Crippen molar-refractivity contribution in [2.24, 2.45) is 5.41 Å². The lowest BCUT2D eigenvalue weighted by atomic mass is 9.63. The zero-order chi connectivity index (χ0) is 15.0. The van der Waals surface area contributed by atoms with Gasteiger partial charge in [-0.2, -0.15) is 0 Å². The van der Waals surface area contributed by atoms with E-state index in [9.17, 15) is 15.0 Å². The monoisotopic (exact) mass is 287 g/mol. The average molecular weight is 287 g/mol. The number of amides is 1. The van der Waals surface area contributed by atoms with E-state index in [1.54, 1.807) is 0 Å². The number of likely N-dealkylation sites (tertiary alicyclic amines) is 1. The van der Waals surface area contributed by atoms with E-state index in [0.29, 0.717) is 39.1 Å². The first-order valence-corrected chi connectivity index (χ1v) is 7.10. The van der Waals surface area contributed by atoms with Gasteiger partial charge in [-0.1, -0.05) is 0 Å². The summed E-state index contributed by atoms with van der Waals surface area (Å²) in [6, 6.07) is 0. The summed E-state index contributed by atoms with van der Waals surface area (Å²) in [5.74, 6) is 0. The lowest BCUT2D eigenvalue weighted by molar-refractivity contribution is -0.207. The predicted molar refractivity (Wildman–Crippen MR) is 72.3 cm³/mol. The third-order valence-electron chi connectivity index (χ3n) is 4.25. The Bertz CT molecular complexity index is 364. The fourth-order valence-corrected chi connectivity index (χ4v) is 2.92. The Balaban J connectivity index is 1.99. The SMILES string of the molecule is CC(C)(C)OC(=O)N1CC(CO)(C2(O)CCOCC2)C1. The van der Waals surface area contributed by atoms with Crippen LogP contribution < -0.4 is 0 Å². The van der Waals surface area contributed by atoms with Crippen LogP contribution in [0.3, 0.4) is 0 Å². The molecule has 0 saturated carbocycles. The van der Waals surface area contributed by atoms with E-state index < -0.39 is 22.7 Å². The van der Waals surface area contributed by atoms with E-state index in [0.717, 1.165) is 0 Å². The second-order valence-corrected chi connectivity index (χ2v) is 6.92. The van der Waals surface area contributed by atoms with E-state index in [2.05, 4.69) is 0 Å². The number of nitrogens with zero attached hydrogens (tertiary/aromatic N) is 1. The molecule has 0 aromatic heterocycles. The molecule has 2 saturated heterocycles. The second-order valence-electron chi connectivity index (χ2n) is 6.92. The van der Waals surface area contributed by atoms with Gasteiger partial charge in [-0.25, -0.2) is 4.79 Å². The van der Waals surface area contributed by atoms with Gasteiger partial charge < -0.3 is 24.6 Å². The van der Waals surface area contributed by atoms with Gasteiger partial charge in [0.15, 0.2) is 0 Å². The Morgan fingerprint density at radius 1 is 1.30 bits per heavy atom. The number of carbonyl (C=O) groups is 1. The molecule has 1 amide bonds. The summed E-state index contributed by atoms with van der Waals surface area (Å²) in [6.45, 7) is 6.95. The van der Waals surface area contributed by atoms with Crippen LogP contribution in [0.15, 0.2) is 0 Å². The maximum atomic E-state index is 11.9. The average Bonchev–Trinajstić information content (AvgIpc) is 2.26. The summed E-state index contributed by atoms with van der Waals surface area (Å²) >= 11 is 0. The van der Waals surface area contributed by atoms with Crippen LogP contribution in [-0.4, -0.2) is 65.3 Å². The minimum absolute atomic E-state index is 0.136. The predicted octanol–water partition coefficient (Wildman–Crippen LogP) is 0.757. The molecule has 0 radical (unpaired) electrons. The van der Waals surface area contributed by atoms with Crippen molar-refractivity contribution in [1.82, 2.24) is 4.90 Å². The molecule has 2 heterocycles. The van der Waals surface area contributed by atoms with Crippen molar-refractivity contribution in [2.75, 3.05) is 32.9 Å². The van der Waals surface area contributed by atoms with E-state index in [1.165, 1.54) is 4.90 Å². The summed E-state index contributed by atoms with van der Waals surface area (Å²) in [4.78, 5) is 13.5. The molecule has 2 N–H and O–H groups in total. The standard InChI is InChI=1S/C14H25NO5/c1-12(2,3)20-11(17)15-8-13(9-15,10-16)14(18)4-6-19-7-5-14/h16,18H,4-10H2,1-3H3. The molecule has 0 unspecified atom stereocenters. The van der Waals surface area contributed by atoms with Crippen LogP contribution >= 0.6 is 0 Å². The van der Waals surface area contributed by atoms with Crippen LogP contribution in [0.5, 0.6) is 0 Å². The highest BCUT2D eigenvalue weighted by Gasteiger charge is 2.59. The fraction of sp³-hybridized carbons (Fsp3) is 0.929. The Morgan fingerprint density at radius 3 is 2.30 bits per heavy atom. The zero-order valence-corrected chi connectivity index (χ0v) is 12.5. The molecule has 0 aromatic rings. The van der Waals surface area contributed by atoms with Crippen molar-refractivity contribution in [3.05, 3.63) is 0 Å². The van der Waals surface area contributed by atoms with Gasteiger partial charge in [-0.05, 0) is 20.8 Å². The summed E-state index contributed by atoms with van der Waals surface area (Å²) in [5, 5.41) is 20.5. The van der Waals surface area contributed by atoms with Gasteiger partial charge in [0.2, 0.25) is 0 Å². The molecule has 0 atom stereocenters. The second kappa shape index (κ2) is 5.16.